The molecule has 52 valence electrons. The van der Waals surface area contributed by atoms with Crippen molar-refractivity contribution in [3.05, 3.63) is 12.2 Å². The molecule has 0 atom stereocenters. The van der Waals surface area contributed by atoms with Gasteiger partial charge in [-0.15, -0.1) is 0 Å². The third-order valence-electron chi connectivity index (χ3n) is 0.408. The van der Waals surface area contributed by atoms with Crippen molar-refractivity contribution in [3.63, 3.8) is 0 Å². The highest BCUT2D eigenvalue weighted by atomic mass is 35.6. The molecule has 2 nitrogen and oxygen atoms in total. The fourth-order valence-corrected chi connectivity index (χ4v) is 0.352. The van der Waals surface area contributed by atoms with Gasteiger partial charge in [-0.05, 0) is 12.2 Å². The van der Waals surface area contributed by atoms with Crippen LogP contribution in [0.4, 0.5) is 0 Å². The zero-order valence-corrected chi connectivity index (χ0v) is 6.37. The van der Waals surface area contributed by atoms with Gasteiger partial charge in [0, 0.05) is 0 Å². The molecule has 0 heterocycles. The molecule has 0 radical (unpaired) electrons. The number of carboxylic acids is 1. The molecular weight excluding hydrogens is 186 g/mol. The van der Waals surface area contributed by atoms with Gasteiger partial charge >= 0.3 is 0 Å². The van der Waals surface area contributed by atoms with Crippen LogP contribution in [0.5, 0.6) is 0 Å². The minimum atomic E-state index is -1.65. The van der Waals surface area contributed by atoms with Crippen molar-refractivity contribution in [2.75, 3.05) is 0 Å². The molecule has 0 aromatic heterocycles. The lowest BCUT2D eigenvalue weighted by Gasteiger charge is -2.01. The van der Waals surface area contributed by atoms with Crippen LogP contribution in [-0.4, -0.2) is 9.76 Å². The predicted octanol–water partition coefficient (Wildman–Crippen LogP) is 0.663. The molecule has 0 unspecified atom stereocenters. The molecule has 0 spiro atoms. The molecule has 5 heteroatoms. The number of allylic oxidation sites excluding steroid dienone is 1. The quantitative estimate of drug-likeness (QED) is 0.448. The number of hydrogen-bond donors (Lipinski definition) is 0. The second-order valence-corrected chi connectivity index (χ2v) is 3.56. The molecule has 0 N–H and O–H groups in total. The van der Waals surface area contributed by atoms with Crippen molar-refractivity contribution < 1.29 is 9.90 Å². The van der Waals surface area contributed by atoms with Crippen LogP contribution in [-0.2, 0) is 4.79 Å². The van der Waals surface area contributed by atoms with Crippen molar-refractivity contribution in [1.82, 2.24) is 0 Å². The number of hydrogen-bond acceptors (Lipinski definition) is 2. The van der Waals surface area contributed by atoms with Crippen LogP contribution in [0.2, 0.25) is 0 Å². The zero-order chi connectivity index (χ0) is 7.49. The van der Waals surface area contributed by atoms with Crippen molar-refractivity contribution in [3.8, 4) is 0 Å². The molecule has 0 rings (SSSR count). The second-order valence-electron chi connectivity index (χ2n) is 1.19. The highest BCUT2D eigenvalue weighted by Gasteiger charge is 2.12. The van der Waals surface area contributed by atoms with Gasteiger partial charge in [-0.1, -0.05) is 34.8 Å². The Bertz CT molecular complexity index is 135. The summed E-state index contributed by atoms with van der Waals surface area (Å²) in [7, 11) is 0. The SMILES string of the molecule is O=C([O-])/C=C/C(Cl)(Cl)Cl. The highest BCUT2D eigenvalue weighted by molar-refractivity contribution is 6.69. The molecule has 0 aromatic rings. The Hall–Kier alpha value is 0.0800. The van der Waals surface area contributed by atoms with Crippen LogP contribution in [0.25, 0.3) is 0 Å². The van der Waals surface area contributed by atoms with E-state index in [4.69, 9.17) is 34.8 Å². The average molecular weight is 188 g/mol. The van der Waals surface area contributed by atoms with Gasteiger partial charge in [0.1, 0.15) is 0 Å². The molecule has 0 amide bonds. The lowest BCUT2D eigenvalue weighted by Crippen LogP contribution is -2.19. The molecule has 0 saturated carbocycles. The van der Waals surface area contributed by atoms with Gasteiger partial charge < -0.3 is 9.90 Å². The Morgan fingerprint density at radius 2 is 1.89 bits per heavy atom. The van der Waals surface area contributed by atoms with Crippen LogP contribution < -0.4 is 5.11 Å². The van der Waals surface area contributed by atoms with Crippen molar-refractivity contribution in [2.24, 2.45) is 0 Å². The predicted molar refractivity (Wildman–Crippen MR) is 34.4 cm³/mol. The summed E-state index contributed by atoms with van der Waals surface area (Å²) in [4.78, 5) is 9.67. The van der Waals surface area contributed by atoms with E-state index < -0.39 is 9.76 Å². The first kappa shape index (κ1) is 9.08. The molecule has 0 aliphatic heterocycles. The van der Waals surface area contributed by atoms with E-state index in [1.807, 2.05) is 0 Å². The minimum Gasteiger partial charge on any atom is -0.545 e. The van der Waals surface area contributed by atoms with E-state index in [1.165, 1.54) is 0 Å². The zero-order valence-electron chi connectivity index (χ0n) is 4.11. The van der Waals surface area contributed by atoms with Gasteiger partial charge in [-0.2, -0.15) is 0 Å². The van der Waals surface area contributed by atoms with E-state index in [0.717, 1.165) is 6.08 Å². The Morgan fingerprint density at radius 3 is 2.00 bits per heavy atom. The number of alkyl halides is 3. The summed E-state index contributed by atoms with van der Waals surface area (Å²) in [6, 6.07) is 0. The summed E-state index contributed by atoms with van der Waals surface area (Å²) in [5, 5.41) is 9.67. The average Bonchev–Trinajstić information content (AvgIpc) is 1.59. The molecule has 0 aliphatic rings. The minimum absolute atomic E-state index is 0.660. The van der Waals surface area contributed by atoms with Gasteiger partial charge in [-0.3, -0.25) is 0 Å². The largest absolute Gasteiger partial charge is 0.545 e. The smallest absolute Gasteiger partial charge is 0.209 e. The van der Waals surface area contributed by atoms with Gasteiger partial charge in [0.15, 0.2) is 0 Å². The molecular formula is C4H2Cl3O2-. The van der Waals surface area contributed by atoms with Gasteiger partial charge in [0.05, 0.1) is 5.97 Å². The van der Waals surface area contributed by atoms with E-state index in [0.29, 0.717) is 6.08 Å². The lowest BCUT2D eigenvalue weighted by molar-refractivity contribution is -0.297. The molecule has 0 bridgehead atoms. The number of halogens is 3. The monoisotopic (exact) mass is 187 g/mol. The fourth-order valence-electron chi connectivity index (χ4n) is 0.163. The van der Waals surface area contributed by atoms with Gasteiger partial charge in [0.25, 0.3) is 0 Å². The van der Waals surface area contributed by atoms with E-state index >= 15 is 0 Å². The summed E-state index contributed by atoms with van der Waals surface area (Å²) >= 11 is 15.4. The van der Waals surface area contributed by atoms with Crippen LogP contribution >= 0.6 is 34.8 Å². The second kappa shape index (κ2) is 3.30. The molecule has 0 saturated heterocycles. The van der Waals surface area contributed by atoms with Crippen LogP contribution in [0.1, 0.15) is 0 Å². The summed E-state index contributed by atoms with van der Waals surface area (Å²) in [6.45, 7) is 0. The first-order valence-electron chi connectivity index (χ1n) is 1.89. The summed E-state index contributed by atoms with van der Waals surface area (Å²) < 4.78 is -1.65. The normalized spacial score (nSPS) is 12.3. The maximum absolute atomic E-state index is 9.67. The maximum atomic E-state index is 9.67. The summed E-state index contributed by atoms with van der Waals surface area (Å²) in [5.41, 5.74) is 0. The first-order chi connectivity index (χ1) is 3.92. The number of carbonyl (C=O) groups excluding carboxylic acids is 1. The van der Waals surface area contributed by atoms with Crippen molar-refractivity contribution in [2.45, 2.75) is 3.79 Å². The van der Waals surface area contributed by atoms with E-state index in [-0.39, 0.29) is 0 Å². The van der Waals surface area contributed by atoms with Gasteiger partial charge in [0.2, 0.25) is 3.79 Å². The van der Waals surface area contributed by atoms with E-state index in [2.05, 4.69) is 0 Å². The summed E-state index contributed by atoms with van der Waals surface area (Å²) in [5.74, 6) is -1.39. The fraction of sp³-hybridized carbons (Fsp3) is 0.250. The maximum Gasteiger partial charge on any atom is 0.209 e. The topological polar surface area (TPSA) is 40.1 Å². The van der Waals surface area contributed by atoms with Crippen LogP contribution in [0.3, 0.4) is 0 Å². The summed E-state index contributed by atoms with van der Waals surface area (Å²) in [6.07, 6.45) is 1.56. The Morgan fingerprint density at radius 1 is 1.44 bits per heavy atom. The lowest BCUT2D eigenvalue weighted by atomic mass is 10.5. The third kappa shape index (κ3) is 8.08. The van der Waals surface area contributed by atoms with Crippen molar-refractivity contribution in [1.29, 1.82) is 0 Å². The molecule has 0 fully saturated rings. The standard InChI is InChI=1S/C4H3Cl3O2/c5-4(6,7)2-1-3(8)9/h1-2H,(H,8,9)/p-1/b2-1+. The Labute approximate surface area is 67.0 Å². The molecule has 9 heavy (non-hydrogen) atoms. The number of rotatable bonds is 1. The first-order valence-corrected chi connectivity index (χ1v) is 3.02. The van der Waals surface area contributed by atoms with Crippen LogP contribution in [0.15, 0.2) is 12.2 Å². The van der Waals surface area contributed by atoms with Gasteiger partial charge in [-0.25, -0.2) is 0 Å². The molecule has 0 aliphatic carbocycles. The Balaban J connectivity index is 3.86. The Kier molecular flexibility index (Phi) is 3.33. The van der Waals surface area contributed by atoms with E-state index in [1.54, 1.807) is 0 Å². The van der Waals surface area contributed by atoms with Crippen molar-refractivity contribution >= 4 is 40.8 Å². The van der Waals surface area contributed by atoms with Crippen LogP contribution in [0, 0.1) is 0 Å². The number of carbonyl (C=O) groups is 1. The highest BCUT2D eigenvalue weighted by Crippen LogP contribution is 2.26. The number of carboxylic acid groups (broad SMARTS) is 1. The third-order valence-corrected chi connectivity index (χ3v) is 0.786. The van der Waals surface area contributed by atoms with E-state index in [9.17, 15) is 9.90 Å². The number of aliphatic carboxylic acids is 1. The molecule has 0 aromatic carbocycles.